The highest BCUT2D eigenvalue weighted by Crippen LogP contribution is 2.24. The quantitative estimate of drug-likeness (QED) is 0.388. The number of aliphatic imine (C=N–C) groups is 1. The minimum Gasteiger partial charge on any atom is -0.356 e. The predicted octanol–water partition coefficient (Wildman–Crippen LogP) is 3.68. The van der Waals surface area contributed by atoms with Crippen molar-refractivity contribution in [1.82, 2.24) is 20.0 Å². The third-order valence-corrected chi connectivity index (χ3v) is 6.24. The van der Waals surface area contributed by atoms with Gasteiger partial charge in [-0.25, -0.2) is 4.68 Å². The highest BCUT2D eigenvalue weighted by atomic mass is 127. The Morgan fingerprint density at radius 3 is 2.81 bits per heavy atom. The molecule has 1 aliphatic rings. The minimum absolute atomic E-state index is 0. The lowest BCUT2D eigenvalue weighted by atomic mass is 10.1. The van der Waals surface area contributed by atoms with E-state index in [4.69, 9.17) is 0 Å². The third kappa shape index (κ3) is 6.14. The summed E-state index contributed by atoms with van der Waals surface area (Å²) in [6.07, 6.45) is 4.98. The number of rotatable bonds is 5. The summed E-state index contributed by atoms with van der Waals surface area (Å²) in [5.41, 5.74) is 2.32. The average molecular weight is 499 g/mol. The summed E-state index contributed by atoms with van der Waals surface area (Å²) >= 11 is 2.09. The number of hydrogen-bond donors (Lipinski definition) is 1. The Bertz CT molecular complexity index is 716. The van der Waals surface area contributed by atoms with Crippen molar-refractivity contribution in [3.8, 4) is 5.69 Å². The van der Waals surface area contributed by atoms with Crippen LogP contribution < -0.4 is 5.32 Å². The maximum absolute atomic E-state index is 4.49. The van der Waals surface area contributed by atoms with E-state index in [0.717, 1.165) is 37.7 Å². The zero-order valence-electron chi connectivity index (χ0n) is 16.3. The van der Waals surface area contributed by atoms with Gasteiger partial charge in [-0.2, -0.15) is 16.9 Å². The average Bonchev–Trinajstić information content (AvgIpc) is 3.15. The number of halogens is 1. The summed E-state index contributed by atoms with van der Waals surface area (Å²) in [5.74, 6) is 2.89. The maximum Gasteiger partial charge on any atom is 0.193 e. The first-order valence-corrected chi connectivity index (χ1v) is 10.4. The van der Waals surface area contributed by atoms with Gasteiger partial charge in [-0.15, -0.1) is 24.0 Å². The highest BCUT2D eigenvalue weighted by Gasteiger charge is 2.24. The van der Waals surface area contributed by atoms with Crippen molar-refractivity contribution in [2.24, 2.45) is 10.9 Å². The molecule has 7 heteroatoms. The summed E-state index contributed by atoms with van der Waals surface area (Å²) in [7, 11) is 1.88. The number of para-hydroxylation sites is 1. The smallest absolute Gasteiger partial charge is 0.193 e. The van der Waals surface area contributed by atoms with Crippen LogP contribution in [0.25, 0.3) is 5.69 Å². The van der Waals surface area contributed by atoms with E-state index in [1.807, 2.05) is 36.1 Å². The monoisotopic (exact) mass is 499 g/mol. The van der Waals surface area contributed by atoms with E-state index >= 15 is 0 Å². The van der Waals surface area contributed by atoms with E-state index in [0.29, 0.717) is 11.2 Å². The maximum atomic E-state index is 4.49. The van der Waals surface area contributed by atoms with Crippen molar-refractivity contribution >= 4 is 41.7 Å². The van der Waals surface area contributed by atoms with Crippen LogP contribution >= 0.6 is 35.7 Å². The summed E-state index contributed by atoms with van der Waals surface area (Å²) < 4.78 is 1.93. The molecule has 0 saturated carbocycles. The van der Waals surface area contributed by atoms with Crippen molar-refractivity contribution in [1.29, 1.82) is 0 Å². The first-order chi connectivity index (χ1) is 12.7. The second kappa shape index (κ2) is 10.9. The van der Waals surface area contributed by atoms with E-state index in [9.17, 15) is 0 Å². The summed E-state index contributed by atoms with van der Waals surface area (Å²) in [4.78, 5) is 6.89. The first-order valence-electron chi connectivity index (χ1n) is 9.33. The molecule has 0 radical (unpaired) electrons. The molecule has 1 N–H and O–H groups in total. The molecule has 1 aliphatic heterocycles. The Morgan fingerprint density at radius 1 is 1.33 bits per heavy atom. The van der Waals surface area contributed by atoms with Gasteiger partial charge in [0.05, 0.1) is 11.9 Å². The molecule has 1 aromatic carbocycles. The van der Waals surface area contributed by atoms with E-state index in [1.54, 1.807) is 0 Å². The molecule has 0 bridgehead atoms. The molecule has 1 fully saturated rings. The van der Waals surface area contributed by atoms with Crippen LogP contribution in [-0.4, -0.2) is 58.3 Å². The highest BCUT2D eigenvalue weighted by molar-refractivity contribution is 14.0. The number of guanidine groups is 1. The fourth-order valence-electron chi connectivity index (χ4n) is 3.13. The number of nitrogens with zero attached hydrogens (tertiary/aromatic N) is 4. The zero-order chi connectivity index (χ0) is 18.4. The van der Waals surface area contributed by atoms with Crippen LogP contribution in [0.5, 0.6) is 0 Å². The lowest BCUT2D eigenvalue weighted by Gasteiger charge is -2.36. The normalized spacial score (nSPS) is 17.7. The lowest BCUT2D eigenvalue weighted by molar-refractivity contribution is 0.381. The molecule has 1 aromatic heterocycles. The molecule has 0 amide bonds. The minimum atomic E-state index is 0. The molecule has 27 heavy (non-hydrogen) atoms. The molecule has 1 atom stereocenters. The second-order valence-electron chi connectivity index (χ2n) is 6.95. The first kappa shape index (κ1) is 22.1. The topological polar surface area (TPSA) is 45.5 Å². The van der Waals surface area contributed by atoms with Gasteiger partial charge in [0.25, 0.3) is 0 Å². The van der Waals surface area contributed by atoms with Crippen molar-refractivity contribution < 1.29 is 0 Å². The van der Waals surface area contributed by atoms with Crippen LogP contribution in [0.2, 0.25) is 0 Å². The number of nitrogens with one attached hydrogen (secondary N) is 1. The fraction of sp³-hybridized carbons (Fsp3) is 0.500. The van der Waals surface area contributed by atoms with Crippen LogP contribution in [-0.2, 0) is 6.42 Å². The van der Waals surface area contributed by atoms with Gasteiger partial charge >= 0.3 is 0 Å². The number of thioether (sulfide) groups is 1. The number of benzene rings is 1. The van der Waals surface area contributed by atoms with E-state index in [1.165, 1.54) is 11.3 Å². The molecule has 2 heterocycles. The Morgan fingerprint density at radius 2 is 2.11 bits per heavy atom. The standard InChI is InChI=1S/C20H29N5S.HI/c1-16(2)19-15-24(11-12-26-19)20(21-3)22-10-9-17-13-23-25(14-17)18-7-5-4-6-8-18;/h4-8,13-14,16,19H,9-12,15H2,1-3H3,(H,21,22);1H. The molecule has 1 unspecified atom stereocenters. The van der Waals surface area contributed by atoms with Gasteiger partial charge in [0.2, 0.25) is 0 Å². The number of aromatic nitrogens is 2. The largest absolute Gasteiger partial charge is 0.356 e. The van der Waals surface area contributed by atoms with Crippen LogP contribution in [0.1, 0.15) is 19.4 Å². The van der Waals surface area contributed by atoms with Gasteiger partial charge in [0.15, 0.2) is 5.96 Å². The molecule has 2 aromatic rings. The van der Waals surface area contributed by atoms with Crippen LogP contribution in [0.3, 0.4) is 0 Å². The number of hydrogen-bond acceptors (Lipinski definition) is 3. The Labute approximate surface area is 184 Å². The van der Waals surface area contributed by atoms with Gasteiger partial charge in [0, 0.05) is 43.9 Å². The SMILES string of the molecule is CN=C(NCCc1cnn(-c2ccccc2)c1)N1CCSC(C(C)C)C1.I. The lowest BCUT2D eigenvalue weighted by Crippen LogP contribution is -2.49. The van der Waals surface area contributed by atoms with Gasteiger partial charge in [-0.3, -0.25) is 4.99 Å². The van der Waals surface area contributed by atoms with Crippen molar-refractivity contribution in [2.45, 2.75) is 25.5 Å². The molecule has 0 spiro atoms. The van der Waals surface area contributed by atoms with Gasteiger partial charge in [-0.1, -0.05) is 32.0 Å². The molecule has 0 aliphatic carbocycles. The van der Waals surface area contributed by atoms with Crippen LogP contribution in [0.4, 0.5) is 0 Å². The Hall–Kier alpha value is -1.22. The van der Waals surface area contributed by atoms with Gasteiger partial charge in [-0.05, 0) is 30.0 Å². The van der Waals surface area contributed by atoms with E-state index in [-0.39, 0.29) is 24.0 Å². The molecular formula is C20H30IN5S. The van der Waals surface area contributed by atoms with E-state index in [2.05, 4.69) is 64.2 Å². The molecule has 3 rings (SSSR count). The third-order valence-electron chi connectivity index (χ3n) is 4.70. The summed E-state index contributed by atoms with van der Waals surface area (Å²) in [5, 5.41) is 8.68. The Balaban J connectivity index is 0.00000261. The predicted molar refractivity (Wildman–Crippen MR) is 127 cm³/mol. The molecule has 5 nitrogen and oxygen atoms in total. The molecule has 148 valence electrons. The fourth-order valence-corrected chi connectivity index (χ4v) is 4.43. The summed E-state index contributed by atoms with van der Waals surface area (Å²) in [6, 6.07) is 10.2. The van der Waals surface area contributed by atoms with Gasteiger partial charge < -0.3 is 10.2 Å². The second-order valence-corrected chi connectivity index (χ2v) is 8.30. The van der Waals surface area contributed by atoms with Crippen LogP contribution in [0.15, 0.2) is 47.7 Å². The van der Waals surface area contributed by atoms with Crippen molar-refractivity contribution in [3.63, 3.8) is 0 Å². The molecule has 1 saturated heterocycles. The van der Waals surface area contributed by atoms with Gasteiger partial charge in [0.1, 0.15) is 0 Å². The summed E-state index contributed by atoms with van der Waals surface area (Å²) in [6.45, 7) is 7.63. The van der Waals surface area contributed by atoms with Crippen molar-refractivity contribution in [2.75, 3.05) is 32.4 Å². The Kier molecular flexibility index (Phi) is 8.95. The van der Waals surface area contributed by atoms with Crippen molar-refractivity contribution in [3.05, 3.63) is 48.3 Å². The van der Waals surface area contributed by atoms with E-state index < -0.39 is 0 Å². The van der Waals surface area contributed by atoms with Crippen LogP contribution in [0, 0.1) is 5.92 Å². The molecular weight excluding hydrogens is 469 g/mol. The zero-order valence-corrected chi connectivity index (χ0v) is 19.5.